The number of para-hydroxylation sites is 1. The Balaban J connectivity index is 1.60. The van der Waals surface area contributed by atoms with Crippen LogP contribution < -0.4 is 0 Å². The van der Waals surface area contributed by atoms with Crippen LogP contribution in [0.3, 0.4) is 0 Å². The molecule has 4 nitrogen and oxygen atoms in total. The average Bonchev–Trinajstić information content (AvgIpc) is 3.06. The normalized spacial score (nSPS) is 17.4. The van der Waals surface area contributed by atoms with Crippen LogP contribution in [-0.2, 0) is 4.74 Å². The molecule has 0 radical (unpaired) electrons. The first-order valence-corrected chi connectivity index (χ1v) is 8.18. The maximum atomic E-state index is 5.44. The van der Waals surface area contributed by atoms with Crippen LogP contribution >= 0.6 is 0 Å². The van der Waals surface area contributed by atoms with E-state index < -0.39 is 0 Å². The van der Waals surface area contributed by atoms with Crippen LogP contribution in [0.5, 0.6) is 0 Å². The standard InChI is InChI=1S/C19H21N3O/c1-14(22-10-12-23-13-11-22)15-6-8-16(9-7-15)19-17-4-2-3-5-18(17)20-21-19/h2-9,14H,10-13H2,1H3,(H,20,21)/t14-/m0/s1. The molecule has 1 aromatic heterocycles. The summed E-state index contributed by atoms with van der Waals surface area (Å²) in [4.78, 5) is 2.47. The molecule has 2 aromatic carbocycles. The van der Waals surface area contributed by atoms with Gasteiger partial charge < -0.3 is 4.74 Å². The van der Waals surface area contributed by atoms with E-state index in [2.05, 4.69) is 64.5 Å². The lowest BCUT2D eigenvalue weighted by atomic mass is 10.0. The minimum absolute atomic E-state index is 0.420. The molecule has 4 rings (SSSR count). The first-order chi connectivity index (χ1) is 11.3. The Bertz CT molecular complexity index is 788. The van der Waals surface area contributed by atoms with Crippen LogP contribution in [0.4, 0.5) is 0 Å². The first-order valence-electron chi connectivity index (χ1n) is 8.18. The maximum Gasteiger partial charge on any atom is 0.0999 e. The number of aromatic nitrogens is 2. The van der Waals surface area contributed by atoms with Gasteiger partial charge >= 0.3 is 0 Å². The summed E-state index contributed by atoms with van der Waals surface area (Å²) in [5.41, 5.74) is 4.59. The van der Waals surface area contributed by atoms with E-state index in [9.17, 15) is 0 Å². The van der Waals surface area contributed by atoms with E-state index >= 15 is 0 Å². The fraction of sp³-hybridized carbons (Fsp3) is 0.316. The van der Waals surface area contributed by atoms with Crippen LogP contribution in [0.25, 0.3) is 22.2 Å². The Hall–Kier alpha value is -2.17. The summed E-state index contributed by atoms with van der Waals surface area (Å²) < 4.78 is 5.44. The summed E-state index contributed by atoms with van der Waals surface area (Å²) in [6.07, 6.45) is 0. The van der Waals surface area contributed by atoms with Gasteiger partial charge in [0.25, 0.3) is 0 Å². The molecule has 1 atom stereocenters. The molecule has 1 saturated heterocycles. The SMILES string of the molecule is C[C@@H](c1ccc(-c2n[nH]c3ccccc23)cc1)N1CCOCC1. The number of benzene rings is 2. The van der Waals surface area contributed by atoms with Crippen molar-refractivity contribution < 1.29 is 4.74 Å². The van der Waals surface area contributed by atoms with Crippen molar-refractivity contribution in [3.63, 3.8) is 0 Å². The second-order valence-electron chi connectivity index (χ2n) is 6.06. The van der Waals surface area contributed by atoms with Gasteiger partial charge in [0.2, 0.25) is 0 Å². The van der Waals surface area contributed by atoms with E-state index in [-0.39, 0.29) is 0 Å². The van der Waals surface area contributed by atoms with Crippen molar-refractivity contribution in [3.8, 4) is 11.3 Å². The van der Waals surface area contributed by atoms with Crippen molar-refractivity contribution in [2.45, 2.75) is 13.0 Å². The van der Waals surface area contributed by atoms with Crippen LogP contribution in [-0.4, -0.2) is 41.4 Å². The van der Waals surface area contributed by atoms with E-state index in [1.165, 1.54) is 10.9 Å². The molecule has 0 bridgehead atoms. The molecule has 23 heavy (non-hydrogen) atoms. The van der Waals surface area contributed by atoms with Crippen LogP contribution in [0.1, 0.15) is 18.5 Å². The van der Waals surface area contributed by atoms with Gasteiger partial charge in [-0.15, -0.1) is 0 Å². The number of aromatic amines is 1. The molecule has 0 aliphatic carbocycles. The minimum atomic E-state index is 0.420. The smallest absolute Gasteiger partial charge is 0.0999 e. The number of nitrogens with one attached hydrogen (secondary N) is 1. The van der Waals surface area contributed by atoms with Gasteiger partial charge in [0.1, 0.15) is 0 Å². The summed E-state index contributed by atoms with van der Waals surface area (Å²) in [6, 6.07) is 17.5. The van der Waals surface area contributed by atoms with Crippen LogP contribution in [0.15, 0.2) is 48.5 Å². The lowest BCUT2D eigenvalue weighted by molar-refractivity contribution is 0.0198. The molecule has 0 saturated carbocycles. The molecule has 118 valence electrons. The van der Waals surface area contributed by atoms with Gasteiger partial charge in [-0.3, -0.25) is 10.00 Å². The van der Waals surface area contributed by atoms with Crippen LogP contribution in [0, 0.1) is 0 Å². The third kappa shape index (κ3) is 2.76. The van der Waals surface area contributed by atoms with Gasteiger partial charge in [-0.2, -0.15) is 5.10 Å². The zero-order chi connectivity index (χ0) is 15.6. The fourth-order valence-electron chi connectivity index (χ4n) is 3.28. The first kappa shape index (κ1) is 14.4. The lowest BCUT2D eigenvalue weighted by Crippen LogP contribution is -2.37. The van der Waals surface area contributed by atoms with E-state index in [0.29, 0.717) is 6.04 Å². The Morgan fingerprint density at radius 2 is 1.78 bits per heavy atom. The van der Waals surface area contributed by atoms with Gasteiger partial charge in [0, 0.05) is 30.1 Å². The topological polar surface area (TPSA) is 41.2 Å². The molecule has 2 heterocycles. The zero-order valence-corrected chi connectivity index (χ0v) is 13.3. The largest absolute Gasteiger partial charge is 0.379 e. The number of morpholine rings is 1. The Kier molecular flexibility index (Phi) is 3.85. The predicted octanol–water partition coefficient (Wildman–Crippen LogP) is 3.62. The second kappa shape index (κ2) is 6.14. The van der Waals surface area contributed by atoms with Gasteiger partial charge in [-0.1, -0.05) is 42.5 Å². The molecule has 0 unspecified atom stereocenters. The number of nitrogens with zero attached hydrogens (tertiary/aromatic N) is 2. The Morgan fingerprint density at radius 3 is 2.57 bits per heavy atom. The van der Waals surface area contributed by atoms with Crippen molar-refractivity contribution in [1.82, 2.24) is 15.1 Å². The Labute approximate surface area is 136 Å². The highest BCUT2D eigenvalue weighted by Crippen LogP contribution is 2.28. The molecule has 1 fully saturated rings. The van der Waals surface area contributed by atoms with Crippen molar-refractivity contribution >= 4 is 10.9 Å². The molecular weight excluding hydrogens is 286 g/mol. The molecule has 3 aromatic rings. The lowest BCUT2D eigenvalue weighted by Gasteiger charge is -2.32. The second-order valence-corrected chi connectivity index (χ2v) is 6.06. The van der Waals surface area contributed by atoms with Crippen LogP contribution in [0.2, 0.25) is 0 Å². The van der Waals surface area contributed by atoms with E-state index in [4.69, 9.17) is 4.74 Å². The van der Waals surface area contributed by atoms with E-state index in [0.717, 1.165) is 43.1 Å². The highest BCUT2D eigenvalue weighted by atomic mass is 16.5. The molecule has 1 aliphatic rings. The van der Waals surface area contributed by atoms with E-state index in [1.54, 1.807) is 0 Å². The maximum absolute atomic E-state index is 5.44. The van der Waals surface area contributed by atoms with Gasteiger partial charge in [0.05, 0.1) is 24.4 Å². The van der Waals surface area contributed by atoms with Gasteiger partial charge in [0.15, 0.2) is 0 Å². The monoisotopic (exact) mass is 307 g/mol. The highest BCUT2D eigenvalue weighted by Gasteiger charge is 2.18. The zero-order valence-electron chi connectivity index (χ0n) is 13.3. The number of rotatable bonds is 3. The number of fused-ring (bicyclic) bond motifs is 1. The number of hydrogen-bond acceptors (Lipinski definition) is 3. The number of ether oxygens (including phenoxy) is 1. The van der Waals surface area contributed by atoms with Crippen molar-refractivity contribution in [1.29, 1.82) is 0 Å². The quantitative estimate of drug-likeness (QED) is 0.803. The molecule has 1 N–H and O–H groups in total. The summed E-state index contributed by atoms with van der Waals surface area (Å²) in [5, 5.41) is 8.75. The summed E-state index contributed by atoms with van der Waals surface area (Å²) in [7, 11) is 0. The third-order valence-corrected chi connectivity index (χ3v) is 4.73. The summed E-state index contributed by atoms with van der Waals surface area (Å²) >= 11 is 0. The third-order valence-electron chi connectivity index (χ3n) is 4.73. The average molecular weight is 307 g/mol. The molecular formula is C19H21N3O. The Morgan fingerprint density at radius 1 is 1.04 bits per heavy atom. The number of hydrogen-bond donors (Lipinski definition) is 1. The fourth-order valence-corrected chi connectivity index (χ4v) is 3.28. The predicted molar refractivity (Wildman–Crippen MR) is 92.3 cm³/mol. The molecule has 4 heteroatoms. The molecule has 0 spiro atoms. The number of H-pyrrole nitrogens is 1. The van der Waals surface area contributed by atoms with Crippen molar-refractivity contribution in [2.75, 3.05) is 26.3 Å². The summed E-state index contributed by atoms with van der Waals surface area (Å²) in [6.45, 7) is 5.95. The molecule has 1 aliphatic heterocycles. The minimum Gasteiger partial charge on any atom is -0.379 e. The van der Waals surface area contributed by atoms with E-state index in [1.807, 2.05) is 6.07 Å². The molecule has 0 amide bonds. The highest BCUT2D eigenvalue weighted by molar-refractivity contribution is 5.92. The summed E-state index contributed by atoms with van der Waals surface area (Å²) in [5.74, 6) is 0. The van der Waals surface area contributed by atoms with Gasteiger partial charge in [-0.25, -0.2) is 0 Å². The van der Waals surface area contributed by atoms with Gasteiger partial charge in [-0.05, 0) is 18.6 Å². The van der Waals surface area contributed by atoms with Crippen molar-refractivity contribution in [3.05, 3.63) is 54.1 Å². The van der Waals surface area contributed by atoms with Crippen molar-refractivity contribution in [2.24, 2.45) is 0 Å².